The van der Waals surface area contributed by atoms with E-state index in [4.69, 9.17) is 9.84 Å². The summed E-state index contributed by atoms with van der Waals surface area (Å²) in [6.07, 6.45) is 0. The first-order valence-electron chi connectivity index (χ1n) is 6.03. The van der Waals surface area contributed by atoms with Crippen molar-refractivity contribution >= 4 is 15.7 Å². The highest BCUT2D eigenvalue weighted by Crippen LogP contribution is 2.24. The number of hydrogen-bond acceptors (Lipinski definition) is 5. The van der Waals surface area contributed by atoms with Crippen molar-refractivity contribution in [2.24, 2.45) is 0 Å². The minimum absolute atomic E-state index is 0.156. The third-order valence-corrected chi connectivity index (χ3v) is 4.57. The lowest BCUT2D eigenvalue weighted by Crippen LogP contribution is -2.30. The zero-order valence-corrected chi connectivity index (χ0v) is 12.3. The molecule has 0 aliphatic heterocycles. The van der Waals surface area contributed by atoms with Crippen LogP contribution < -0.4 is 5.32 Å². The summed E-state index contributed by atoms with van der Waals surface area (Å²) in [4.78, 5) is -0.162. The number of sulfonamides is 1. The van der Waals surface area contributed by atoms with Crippen LogP contribution in [0.2, 0.25) is 0 Å². The summed E-state index contributed by atoms with van der Waals surface area (Å²) >= 11 is 0. The maximum absolute atomic E-state index is 13.3. The van der Waals surface area contributed by atoms with Crippen LogP contribution in [0.5, 0.6) is 0 Å². The van der Waals surface area contributed by atoms with E-state index in [0.29, 0.717) is 0 Å². The fourth-order valence-electron chi connectivity index (χ4n) is 1.55. The smallest absolute Gasteiger partial charge is 0.245 e. The molecule has 0 bridgehead atoms. The summed E-state index contributed by atoms with van der Waals surface area (Å²) < 4.78 is 44.0. The Morgan fingerprint density at radius 3 is 2.75 bits per heavy atom. The summed E-state index contributed by atoms with van der Waals surface area (Å²) in [5.41, 5.74) is 0.254. The Bertz CT molecular complexity index is 536. The largest absolute Gasteiger partial charge is 0.395 e. The number of rotatable bonds is 8. The zero-order valence-electron chi connectivity index (χ0n) is 11.5. The lowest BCUT2D eigenvalue weighted by Gasteiger charge is -2.19. The van der Waals surface area contributed by atoms with E-state index < -0.39 is 15.8 Å². The van der Waals surface area contributed by atoms with Gasteiger partial charge in [-0.1, -0.05) is 0 Å². The Morgan fingerprint density at radius 2 is 2.15 bits per heavy atom. The van der Waals surface area contributed by atoms with E-state index in [9.17, 15) is 12.8 Å². The molecule has 2 N–H and O–H groups in total. The quantitative estimate of drug-likeness (QED) is 0.731. The standard InChI is InChI=1S/C12H19FN2O4S/c1-15(6-8-19-2)20(17,18)12-9-10(13)3-4-11(12)14-5-7-16/h3-4,9,14,16H,5-8H2,1-2H3. The molecule has 8 heteroatoms. The van der Waals surface area contributed by atoms with Gasteiger partial charge in [0, 0.05) is 27.2 Å². The van der Waals surface area contributed by atoms with Crippen LogP contribution in [-0.4, -0.2) is 58.3 Å². The lowest BCUT2D eigenvalue weighted by atomic mass is 10.3. The van der Waals surface area contributed by atoms with Crippen molar-refractivity contribution in [1.29, 1.82) is 0 Å². The second-order valence-corrected chi connectivity index (χ2v) is 6.12. The van der Waals surface area contributed by atoms with Crippen molar-refractivity contribution in [1.82, 2.24) is 4.31 Å². The molecule has 1 aromatic rings. The van der Waals surface area contributed by atoms with Crippen LogP contribution in [0.4, 0.5) is 10.1 Å². The van der Waals surface area contributed by atoms with Gasteiger partial charge in [-0.2, -0.15) is 4.31 Å². The number of ether oxygens (including phenoxy) is 1. The maximum Gasteiger partial charge on any atom is 0.245 e. The first-order chi connectivity index (χ1) is 9.43. The van der Waals surface area contributed by atoms with Crippen LogP contribution in [0.3, 0.4) is 0 Å². The molecule has 0 atom stereocenters. The number of nitrogens with zero attached hydrogens (tertiary/aromatic N) is 1. The Morgan fingerprint density at radius 1 is 1.45 bits per heavy atom. The predicted molar refractivity (Wildman–Crippen MR) is 73.7 cm³/mol. The Balaban J connectivity index is 3.11. The fraction of sp³-hybridized carbons (Fsp3) is 0.500. The van der Waals surface area contributed by atoms with Crippen molar-refractivity contribution in [3.8, 4) is 0 Å². The molecule has 0 amide bonds. The normalized spacial score (nSPS) is 11.8. The van der Waals surface area contributed by atoms with E-state index in [1.54, 1.807) is 0 Å². The van der Waals surface area contributed by atoms with Gasteiger partial charge < -0.3 is 15.2 Å². The van der Waals surface area contributed by atoms with Crippen molar-refractivity contribution in [3.05, 3.63) is 24.0 Å². The third kappa shape index (κ3) is 4.14. The van der Waals surface area contributed by atoms with Gasteiger partial charge in [0.15, 0.2) is 0 Å². The summed E-state index contributed by atoms with van der Waals surface area (Å²) in [6, 6.07) is 3.45. The van der Waals surface area contributed by atoms with Gasteiger partial charge in [-0.25, -0.2) is 12.8 Å². The summed E-state index contributed by atoms with van der Waals surface area (Å²) in [5.74, 6) is -0.640. The molecule has 0 saturated heterocycles. The monoisotopic (exact) mass is 306 g/mol. The van der Waals surface area contributed by atoms with Crippen molar-refractivity contribution in [3.63, 3.8) is 0 Å². The Kier molecular flexibility index (Phi) is 6.34. The van der Waals surface area contributed by atoms with Crippen molar-refractivity contribution < 1.29 is 22.7 Å². The van der Waals surface area contributed by atoms with E-state index in [1.807, 2.05) is 0 Å². The van der Waals surface area contributed by atoms with Crippen LogP contribution >= 0.6 is 0 Å². The third-order valence-electron chi connectivity index (χ3n) is 2.67. The number of halogens is 1. The number of benzene rings is 1. The van der Waals surface area contributed by atoms with Crippen molar-refractivity contribution in [2.75, 3.05) is 45.8 Å². The number of nitrogens with one attached hydrogen (secondary N) is 1. The summed E-state index contributed by atoms with van der Waals surface area (Å²) in [7, 11) is -0.959. The van der Waals surface area contributed by atoms with E-state index in [2.05, 4.69) is 5.32 Å². The summed E-state index contributed by atoms with van der Waals surface area (Å²) in [5, 5.41) is 11.5. The van der Waals surface area contributed by atoms with Crippen LogP contribution in [0, 0.1) is 5.82 Å². The molecule has 0 fully saturated rings. The Hall–Kier alpha value is -1.22. The van der Waals surface area contributed by atoms with E-state index in [1.165, 1.54) is 20.2 Å². The lowest BCUT2D eigenvalue weighted by molar-refractivity contribution is 0.185. The zero-order chi connectivity index (χ0) is 15.2. The number of likely N-dealkylation sites (N-methyl/N-ethyl adjacent to an activating group) is 1. The highest BCUT2D eigenvalue weighted by atomic mass is 32.2. The van der Waals surface area contributed by atoms with Crippen LogP contribution in [-0.2, 0) is 14.8 Å². The average molecular weight is 306 g/mol. The highest BCUT2D eigenvalue weighted by molar-refractivity contribution is 7.89. The number of hydrogen-bond donors (Lipinski definition) is 2. The first-order valence-corrected chi connectivity index (χ1v) is 7.47. The molecule has 0 radical (unpaired) electrons. The molecular formula is C12H19FN2O4S. The number of aliphatic hydroxyl groups excluding tert-OH is 1. The average Bonchev–Trinajstić information content (AvgIpc) is 2.43. The van der Waals surface area contributed by atoms with E-state index in [0.717, 1.165) is 16.4 Å². The molecule has 1 aromatic carbocycles. The molecule has 20 heavy (non-hydrogen) atoms. The number of methoxy groups -OCH3 is 1. The van der Waals surface area contributed by atoms with Gasteiger partial charge in [0.25, 0.3) is 0 Å². The van der Waals surface area contributed by atoms with Gasteiger partial charge in [-0.3, -0.25) is 0 Å². The predicted octanol–water partition coefficient (Wildman–Crippen LogP) is 0.497. The van der Waals surface area contributed by atoms with Gasteiger partial charge in [-0.05, 0) is 18.2 Å². The summed E-state index contributed by atoms with van der Waals surface area (Å²) in [6.45, 7) is 0.422. The Labute approximate surface area is 118 Å². The molecule has 6 nitrogen and oxygen atoms in total. The molecule has 0 spiro atoms. The van der Waals surface area contributed by atoms with Crippen LogP contribution in [0.15, 0.2) is 23.1 Å². The molecule has 0 aromatic heterocycles. The maximum atomic E-state index is 13.3. The molecule has 1 rings (SSSR count). The minimum Gasteiger partial charge on any atom is -0.395 e. The second kappa shape index (κ2) is 7.53. The molecule has 0 unspecified atom stereocenters. The van der Waals surface area contributed by atoms with Crippen LogP contribution in [0.1, 0.15) is 0 Å². The minimum atomic E-state index is -3.83. The van der Waals surface area contributed by atoms with Gasteiger partial charge in [0.1, 0.15) is 10.7 Å². The topological polar surface area (TPSA) is 78.9 Å². The second-order valence-electron chi connectivity index (χ2n) is 4.11. The van der Waals surface area contributed by atoms with Gasteiger partial charge in [0.05, 0.1) is 18.9 Å². The molecule has 0 aliphatic rings. The van der Waals surface area contributed by atoms with Crippen molar-refractivity contribution in [2.45, 2.75) is 4.90 Å². The first kappa shape index (κ1) is 16.8. The molecule has 0 saturated carbocycles. The van der Waals surface area contributed by atoms with Crippen LogP contribution in [0.25, 0.3) is 0 Å². The van der Waals surface area contributed by atoms with E-state index >= 15 is 0 Å². The number of aliphatic hydroxyl groups is 1. The number of anilines is 1. The fourth-order valence-corrected chi connectivity index (χ4v) is 2.88. The highest BCUT2D eigenvalue weighted by Gasteiger charge is 2.24. The SMILES string of the molecule is COCCN(C)S(=O)(=O)c1cc(F)ccc1NCCO. The molecule has 114 valence electrons. The van der Waals surface area contributed by atoms with Gasteiger partial charge in [-0.15, -0.1) is 0 Å². The van der Waals surface area contributed by atoms with Gasteiger partial charge >= 0.3 is 0 Å². The molecular weight excluding hydrogens is 287 g/mol. The molecule has 0 heterocycles. The molecule has 0 aliphatic carbocycles. The van der Waals surface area contributed by atoms with Gasteiger partial charge in [0.2, 0.25) is 10.0 Å². The van der Waals surface area contributed by atoms with E-state index in [-0.39, 0.29) is 36.9 Å².